The number of methoxy groups -OCH3 is 1. The summed E-state index contributed by atoms with van der Waals surface area (Å²) in [4.78, 5) is 13.8. The predicted molar refractivity (Wildman–Crippen MR) is 92.4 cm³/mol. The molecular weight excluding hydrogens is 347 g/mol. The number of rotatable bonds is 4. The van der Waals surface area contributed by atoms with E-state index < -0.39 is 15.8 Å². The van der Waals surface area contributed by atoms with Crippen molar-refractivity contribution in [3.8, 4) is 5.75 Å². The van der Waals surface area contributed by atoms with Gasteiger partial charge in [0.05, 0.1) is 7.11 Å². The molecule has 0 bridgehead atoms. The maximum absolute atomic E-state index is 13.5. The second-order valence-corrected chi connectivity index (χ2v) is 9.22. The lowest BCUT2D eigenvalue weighted by Crippen LogP contribution is -2.51. The van der Waals surface area contributed by atoms with Gasteiger partial charge in [-0.05, 0) is 23.6 Å². The van der Waals surface area contributed by atoms with E-state index in [1.807, 2.05) is 20.8 Å². The molecule has 1 saturated heterocycles. The van der Waals surface area contributed by atoms with E-state index in [0.29, 0.717) is 19.5 Å². The van der Waals surface area contributed by atoms with Crippen molar-refractivity contribution in [2.45, 2.75) is 32.1 Å². The van der Waals surface area contributed by atoms with E-state index in [1.54, 1.807) is 4.90 Å². The Morgan fingerprint density at radius 3 is 2.32 bits per heavy atom. The molecule has 0 unspecified atom stereocenters. The van der Waals surface area contributed by atoms with Crippen molar-refractivity contribution < 1.29 is 22.3 Å². The van der Waals surface area contributed by atoms with E-state index >= 15 is 0 Å². The fourth-order valence-corrected chi connectivity index (χ4v) is 4.32. The Bertz CT molecular complexity index is 736. The number of carbonyl (C=O) groups is 1. The summed E-state index contributed by atoms with van der Waals surface area (Å²) in [5, 5.41) is 0. The van der Waals surface area contributed by atoms with Gasteiger partial charge in [-0.1, -0.05) is 20.8 Å². The largest absolute Gasteiger partial charge is 0.495 e. The van der Waals surface area contributed by atoms with Crippen LogP contribution in [0.2, 0.25) is 0 Å². The van der Waals surface area contributed by atoms with E-state index in [4.69, 9.17) is 4.74 Å². The first-order chi connectivity index (χ1) is 11.5. The Morgan fingerprint density at radius 2 is 1.80 bits per heavy atom. The third-order valence-electron chi connectivity index (χ3n) is 4.02. The van der Waals surface area contributed by atoms with Crippen molar-refractivity contribution >= 4 is 15.9 Å². The van der Waals surface area contributed by atoms with Gasteiger partial charge in [0.1, 0.15) is 16.5 Å². The topological polar surface area (TPSA) is 66.9 Å². The molecule has 6 nitrogen and oxygen atoms in total. The highest BCUT2D eigenvalue weighted by Crippen LogP contribution is 2.28. The summed E-state index contributed by atoms with van der Waals surface area (Å²) >= 11 is 0. The molecule has 8 heteroatoms. The number of amides is 1. The second kappa shape index (κ2) is 7.29. The first-order valence-corrected chi connectivity index (χ1v) is 9.60. The number of benzene rings is 1. The minimum absolute atomic E-state index is 0.0212. The molecule has 1 heterocycles. The molecule has 2 rings (SSSR count). The fraction of sp³-hybridized carbons (Fsp3) is 0.588. The normalized spacial score (nSPS) is 16.8. The van der Waals surface area contributed by atoms with Gasteiger partial charge < -0.3 is 9.64 Å². The third-order valence-corrected chi connectivity index (χ3v) is 5.94. The molecule has 1 aromatic rings. The van der Waals surface area contributed by atoms with Crippen molar-refractivity contribution in [2.24, 2.45) is 5.41 Å². The molecule has 0 aliphatic carbocycles. The molecule has 0 atom stereocenters. The van der Waals surface area contributed by atoms with Crippen LogP contribution < -0.4 is 4.74 Å². The van der Waals surface area contributed by atoms with E-state index in [0.717, 1.165) is 12.1 Å². The van der Waals surface area contributed by atoms with Gasteiger partial charge in [-0.15, -0.1) is 0 Å². The quantitative estimate of drug-likeness (QED) is 0.812. The van der Waals surface area contributed by atoms with Crippen molar-refractivity contribution in [2.75, 3.05) is 33.3 Å². The maximum Gasteiger partial charge on any atom is 0.246 e. The van der Waals surface area contributed by atoms with Crippen molar-refractivity contribution in [3.63, 3.8) is 0 Å². The lowest BCUT2D eigenvalue weighted by Gasteiger charge is -2.35. The average molecular weight is 372 g/mol. The summed E-state index contributed by atoms with van der Waals surface area (Å²) in [6.45, 7) is 6.97. The number of hydrogen-bond donors (Lipinski definition) is 0. The molecule has 0 N–H and O–H groups in total. The predicted octanol–water partition coefficient (Wildman–Crippen LogP) is 2.10. The summed E-state index contributed by atoms with van der Waals surface area (Å²) in [6, 6.07) is 3.41. The van der Waals surface area contributed by atoms with Crippen LogP contribution in [-0.2, 0) is 14.8 Å². The molecule has 1 fully saturated rings. The Labute approximate surface area is 148 Å². The van der Waals surface area contributed by atoms with Crippen molar-refractivity contribution in [1.82, 2.24) is 9.21 Å². The van der Waals surface area contributed by atoms with E-state index in [9.17, 15) is 17.6 Å². The molecule has 0 aromatic heterocycles. The van der Waals surface area contributed by atoms with Crippen LogP contribution in [0, 0.1) is 11.2 Å². The molecule has 25 heavy (non-hydrogen) atoms. The van der Waals surface area contributed by atoms with Crippen LogP contribution in [0.15, 0.2) is 23.1 Å². The maximum atomic E-state index is 13.5. The zero-order valence-electron chi connectivity index (χ0n) is 15.1. The van der Waals surface area contributed by atoms with Crippen LogP contribution in [0.1, 0.15) is 27.2 Å². The van der Waals surface area contributed by atoms with Crippen LogP contribution >= 0.6 is 0 Å². The number of piperazine rings is 1. The summed E-state index contributed by atoms with van der Waals surface area (Å²) in [6.07, 6.45) is 0.414. The number of sulfonamides is 1. The van der Waals surface area contributed by atoms with Crippen LogP contribution in [0.4, 0.5) is 4.39 Å². The number of carbonyl (C=O) groups excluding carboxylic acids is 1. The van der Waals surface area contributed by atoms with Gasteiger partial charge in [-0.2, -0.15) is 4.31 Å². The van der Waals surface area contributed by atoms with Crippen LogP contribution in [0.3, 0.4) is 0 Å². The van der Waals surface area contributed by atoms with Gasteiger partial charge in [0.25, 0.3) is 0 Å². The van der Waals surface area contributed by atoms with Gasteiger partial charge in [-0.3, -0.25) is 4.79 Å². The third kappa shape index (κ3) is 4.70. The van der Waals surface area contributed by atoms with E-state index in [1.165, 1.54) is 17.5 Å². The standard InChI is InChI=1S/C17H25FN2O4S/c1-17(2,3)12-16(21)19-7-9-20(10-8-19)25(22,23)15-11-13(18)5-6-14(15)24-4/h5-6,11H,7-10,12H2,1-4H3. The van der Waals surface area contributed by atoms with Gasteiger partial charge in [0.2, 0.25) is 15.9 Å². The fourth-order valence-electron chi connectivity index (χ4n) is 2.73. The van der Waals surface area contributed by atoms with Crippen molar-refractivity contribution in [1.29, 1.82) is 0 Å². The summed E-state index contributed by atoms with van der Waals surface area (Å²) in [7, 11) is -2.54. The highest BCUT2D eigenvalue weighted by molar-refractivity contribution is 7.89. The Morgan fingerprint density at radius 1 is 1.20 bits per heavy atom. The number of ether oxygens (including phenoxy) is 1. The van der Waals surface area contributed by atoms with Crippen LogP contribution in [0.25, 0.3) is 0 Å². The number of halogens is 1. The van der Waals surface area contributed by atoms with Gasteiger partial charge in [0.15, 0.2) is 0 Å². The molecule has 140 valence electrons. The first kappa shape index (κ1) is 19.7. The minimum atomic E-state index is -3.88. The van der Waals surface area contributed by atoms with Gasteiger partial charge >= 0.3 is 0 Å². The first-order valence-electron chi connectivity index (χ1n) is 8.16. The van der Waals surface area contributed by atoms with Crippen molar-refractivity contribution in [3.05, 3.63) is 24.0 Å². The average Bonchev–Trinajstić information content (AvgIpc) is 2.53. The highest BCUT2D eigenvalue weighted by atomic mass is 32.2. The minimum Gasteiger partial charge on any atom is -0.495 e. The zero-order chi connectivity index (χ0) is 18.8. The lowest BCUT2D eigenvalue weighted by molar-refractivity contribution is -0.134. The van der Waals surface area contributed by atoms with Crippen LogP contribution in [-0.4, -0.2) is 56.8 Å². The molecular formula is C17H25FN2O4S. The summed E-state index contributed by atoms with van der Waals surface area (Å²) in [5.74, 6) is -0.515. The smallest absolute Gasteiger partial charge is 0.246 e. The summed E-state index contributed by atoms with van der Waals surface area (Å²) in [5.41, 5.74) is -0.116. The molecule has 1 aliphatic rings. The Kier molecular flexibility index (Phi) is 5.73. The summed E-state index contributed by atoms with van der Waals surface area (Å²) < 4.78 is 45.4. The van der Waals surface area contributed by atoms with Gasteiger partial charge in [0, 0.05) is 32.6 Å². The lowest BCUT2D eigenvalue weighted by atomic mass is 9.91. The van der Waals surface area contributed by atoms with Crippen LogP contribution in [0.5, 0.6) is 5.75 Å². The molecule has 0 saturated carbocycles. The highest BCUT2D eigenvalue weighted by Gasteiger charge is 2.33. The molecule has 0 spiro atoms. The molecule has 1 aliphatic heterocycles. The second-order valence-electron chi connectivity index (χ2n) is 7.32. The SMILES string of the molecule is COc1ccc(F)cc1S(=O)(=O)N1CCN(C(=O)CC(C)(C)C)CC1. The monoisotopic (exact) mass is 372 g/mol. The molecule has 1 amide bonds. The Hall–Kier alpha value is -1.67. The van der Waals surface area contributed by atoms with E-state index in [2.05, 4.69) is 0 Å². The Balaban J connectivity index is 2.12. The van der Waals surface area contributed by atoms with E-state index in [-0.39, 0.29) is 35.1 Å². The number of hydrogen-bond acceptors (Lipinski definition) is 4. The molecule has 1 aromatic carbocycles. The molecule has 0 radical (unpaired) electrons. The van der Waals surface area contributed by atoms with Gasteiger partial charge in [-0.25, -0.2) is 12.8 Å². The zero-order valence-corrected chi connectivity index (χ0v) is 15.9. The number of nitrogens with zero attached hydrogens (tertiary/aromatic N) is 2.